The largest absolute Gasteiger partial charge is 0.489 e. The van der Waals surface area contributed by atoms with Crippen molar-refractivity contribution in [1.29, 1.82) is 0 Å². The Labute approximate surface area is 160 Å². The summed E-state index contributed by atoms with van der Waals surface area (Å²) in [7, 11) is 0. The van der Waals surface area contributed by atoms with Crippen molar-refractivity contribution in [2.45, 2.75) is 26.2 Å². The average molecular weight is 389 g/mol. The zero-order valence-electron chi connectivity index (χ0n) is 14.5. The SMILES string of the molecule is CCOCCOc1ccc(Cl)cc1NC(=O)C1CC12CCNCC2.Cl. The molecule has 1 amide bonds. The minimum atomic E-state index is 0. The summed E-state index contributed by atoms with van der Waals surface area (Å²) in [5.74, 6) is 0.816. The lowest BCUT2D eigenvalue weighted by atomic mass is 9.92. The maximum atomic E-state index is 12.6. The van der Waals surface area contributed by atoms with Gasteiger partial charge < -0.3 is 20.1 Å². The number of carbonyl (C=O) groups is 1. The van der Waals surface area contributed by atoms with Crippen LogP contribution in [-0.2, 0) is 9.53 Å². The second-order valence-corrected chi connectivity index (χ2v) is 6.98. The minimum Gasteiger partial charge on any atom is -0.489 e. The Morgan fingerprint density at radius 3 is 2.84 bits per heavy atom. The Morgan fingerprint density at radius 1 is 1.36 bits per heavy atom. The Morgan fingerprint density at radius 2 is 2.12 bits per heavy atom. The molecule has 1 saturated heterocycles. The molecule has 5 nitrogen and oxygen atoms in total. The number of anilines is 1. The third kappa shape index (κ3) is 5.00. The predicted molar refractivity (Wildman–Crippen MR) is 102 cm³/mol. The first-order valence-corrected chi connectivity index (χ1v) is 9.04. The van der Waals surface area contributed by atoms with Crippen LogP contribution in [0.4, 0.5) is 5.69 Å². The number of benzene rings is 1. The first-order valence-electron chi connectivity index (χ1n) is 8.66. The van der Waals surface area contributed by atoms with Crippen molar-refractivity contribution in [2.24, 2.45) is 11.3 Å². The summed E-state index contributed by atoms with van der Waals surface area (Å²) >= 11 is 6.08. The number of hydrogen-bond donors (Lipinski definition) is 2. The van der Waals surface area contributed by atoms with Crippen LogP contribution >= 0.6 is 24.0 Å². The molecular formula is C18H26Cl2N2O3. The second-order valence-electron chi connectivity index (χ2n) is 6.54. The van der Waals surface area contributed by atoms with Gasteiger partial charge in [-0.25, -0.2) is 0 Å². The van der Waals surface area contributed by atoms with Crippen molar-refractivity contribution in [2.75, 3.05) is 38.2 Å². The van der Waals surface area contributed by atoms with Gasteiger partial charge in [0.05, 0.1) is 12.3 Å². The maximum Gasteiger partial charge on any atom is 0.228 e. The molecule has 0 aromatic heterocycles. The summed E-state index contributed by atoms with van der Waals surface area (Å²) in [6.07, 6.45) is 3.15. The molecule has 3 rings (SSSR count). The zero-order valence-corrected chi connectivity index (χ0v) is 16.0. The molecule has 1 aromatic carbocycles. The number of rotatable bonds is 7. The van der Waals surface area contributed by atoms with Gasteiger partial charge in [-0.2, -0.15) is 0 Å². The lowest BCUT2D eigenvalue weighted by Crippen LogP contribution is -2.31. The van der Waals surface area contributed by atoms with Gasteiger partial charge in [0.25, 0.3) is 0 Å². The van der Waals surface area contributed by atoms with Crippen molar-refractivity contribution >= 4 is 35.6 Å². The smallest absolute Gasteiger partial charge is 0.228 e. The van der Waals surface area contributed by atoms with Gasteiger partial charge in [-0.3, -0.25) is 4.79 Å². The van der Waals surface area contributed by atoms with Crippen molar-refractivity contribution in [3.8, 4) is 5.75 Å². The van der Waals surface area contributed by atoms with Gasteiger partial charge in [0.2, 0.25) is 5.91 Å². The fourth-order valence-corrected chi connectivity index (χ4v) is 3.67. The number of nitrogens with one attached hydrogen (secondary N) is 2. The molecule has 1 atom stereocenters. The quantitative estimate of drug-likeness (QED) is 0.701. The van der Waals surface area contributed by atoms with Gasteiger partial charge in [-0.1, -0.05) is 11.6 Å². The van der Waals surface area contributed by atoms with E-state index in [9.17, 15) is 4.79 Å². The Bertz CT molecular complexity index is 592. The van der Waals surface area contributed by atoms with Crippen LogP contribution in [-0.4, -0.2) is 38.8 Å². The van der Waals surface area contributed by atoms with Crippen molar-refractivity contribution in [3.63, 3.8) is 0 Å². The second kappa shape index (κ2) is 9.08. The molecule has 2 aliphatic rings. The molecule has 0 bridgehead atoms. The van der Waals surface area contributed by atoms with E-state index in [1.54, 1.807) is 18.2 Å². The van der Waals surface area contributed by atoms with E-state index >= 15 is 0 Å². The monoisotopic (exact) mass is 388 g/mol. The first-order chi connectivity index (χ1) is 11.6. The molecule has 1 spiro atoms. The van der Waals surface area contributed by atoms with Gasteiger partial charge in [0, 0.05) is 17.5 Å². The van der Waals surface area contributed by atoms with E-state index in [-0.39, 0.29) is 29.6 Å². The van der Waals surface area contributed by atoms with E-state index in [0.717, 1.165) is 32.4 Å². The lowest BCUT2D eigenvalue weighted by molar-refractivity contribution is -0.118. The molecule has 1 aliphatic carbocycles. The first kappa shape index (κ1) is 20.3. The number of carbonyl (C=O) groups excluding carboxylic acids is 1. The van der Waals surface area contributed by atoms with Crippen LogP contribution in [0.15, 0.2) is 18.2 Å². The number of ether oxygens (including phenoxy) is 2. The van der Waals surface area contributed by atoms with Crippen LogP contribution in [0.1, 0.15) is 26.2 Å². The summed E-state index contributed by atoms with van der Waals surface area (Å²) in [5, 5.41) is 6.95. The highest BCUT2D eigenvalue weighted by atomic mass is 35.5. The Kier molecular flexibility index (Phi) is 7.37. The molecule has 1 unspecified atom stereocenters. The molecule has 1 aliphatic heterocycles. The van der Waals surface area contributed by atoms with E-state index < -0.39 is 0 Å². The summed E-state index contributed by atoms with van der Waals surface area (Å²) in [6.45, 7) is 5.58. The molecular weight excluding hydrogens is 363 g/mol. The predicted octanol–water partition coefficient (Wildman–Crippen LogP) is 3.51. The molecule has 1 heterocycles. The number of halogens is 2. The highest BCUT2D eigenvalue weighted by Crippen LogP contribution is 2.58. The van der Waals surface area contributed by atoms with E-state index in [4.69, 9.17) is 21.1 Å². The molecule has 1 saturated carbocycles. The fraction of sp³-hybridized carbons (Fsp3) is 0.611. The van der Waals surface area contributed by atoms with Crippen molar-refractivity contribution in [1.82, 2.24) is 5.32 Å². The van der Waals surface area contributed by atoms with Gasteiger partial charge in [-0.05, 0) is 62.9 Å². The topological polar surface area (TPSA) is 59.6 Å². The van der Waals surface area contributed by atoms with Crippen LogP contribution < -0.4 is 15.4 Å². The molecule has 140 valence electrons. The maximum absolute atomic E-state index is 12.6. The van der Waals surface area contributed by atoms with Gasteiger partial charge in [0.1, 0.15) is 12.4 Å². The number of piperidine rings is 1. The van der Waals surface area contributed by atoms with Crippen molar-refractivity contribution < 1.29 is 14.3 Å². The Hall–Kier alpha value is -1.01. The average Bonchev–Trinajstić information content (AvgIpc) is 3.27. The molecule has 2 N–H and O–H groups in total. The molecule has 0 radical (unpaired) electrons. The fourth-order valence-electron chi connectivity index (χ4n) is 3.50. The van der Waals surface area contributed by atoms with Crippen molar-refractivity contribution in [3.05, 3.63) is 23.2 Å². The third-order valence-corrected chi connectivity index (χ3v) is 5.23. The van der Waals surface area contributed by atoms with Gasteiger partial charge in [-0.15, -0.1) is 12.4 Å². The third-order valence-electron chi connectivity index (χ3n) is 4.99. The van der Waals surface area contributed by atoms with E-state index in [1.807, 2.05) is 6.92 Å². The van der Waals surface area contributed by atoms with Crippen LogP contribution in [0.2, 0.25) is 5.02 Å². The standard InChI is InChI=1S/C18H25ClN2O3.ClH/c1-2-23-9-10-24-16-4-3-13(19)11-15(16)21-17(22)14-12-18(14)5-7-20-8-6-18;/h3-4,11,14,20H,2,5-10,12H2,1H3,(H,21,22);1H. The van der Waals surface area contributed by atoms with Gasteiger partial charge in [0.15, 0.2) is 0 Å². The summed E-state index contributed by atoms with van der Waals surface area (Å²) in [6, 6.07) is 5.29. The van der Waals surface area contributed by atoms with E-state index in [1.165, 1.54) is 0 Å². The highest BCUT2D eigenvalue weighted by Gasteiger charge is 2.57. The minimum absolute atomic E-state index is 0. The van der Waals surface area contributed by atoms with Crippen LogP contribution in [0.3, 0.4) is 0 Å². The zero-order chi connectivity index (χ0) is 17.0. The number of amides is 1. The highest BCUT2D eigenvalue weighted by molar-refractivity contribution is 6.31. The normalized spacial score (nSPS) is 20.6. The summed E-state index contributed by atoms with van der Waals surface area (Å²) < 4.78 is 11.0. The van der Waals surface area contributed by atoms with E-state index in [2.05, 4.69) is 10.6 Å². The van der Waals surface area contributed by atoms with Crippen LogP contribution in [0, 0.1) is 11.3 Å². The lowest BCUT2D eigenvalue weighted by Gasteiger charge is -2.23. The number of hydrogen-bond acceptors (Lipinski definition) is 4. The van der Waals surface area contributed by atoms with Gasteiger partial charge >= 0.3 is 0 Å². The molecule has 1 aromatic rings. The summed E-state index contributed by atoms with van der Waals surface area (Å²) in [4.78, 5) is 12.6. The summed E-state index contributed by atoms with van der Waals surface area (Å²) in [5.41, 5.74) is 0.851. The van der Waals surface area contributed by atoms with Crippen LogP contribution in [0.5, 0.6) is 5.75 Å². The van der Waals surface area contributed by atoms with Crippen LogP contribution in [0.25, 0.3) is 0 Å². The molecule has 2 fully saturated rings. The van der Waals surface area contributed by atoms with E-state index in [0.29, 0.717) is 36.3 Å². The molecule has 25 heavy (non-hydrogen) atoms. The Balaban J connectivity index is 0.00000225. The molecule has 7 heteroatoms.